The molecule has 0 aliphatic rings. The number of benzene rings is 2. The van der Waals surface area contributed by atoms with Crippen molar-refractivity contribution in [1.29, 1.82) is 5.26 Å². The third-order valence-electron chi connectivity index (χ3n) is 2.88. The standard InChI is InChI=1S/C15H9F4N/c1-9-2-3-10(8-20)13(6-9)12-5-4-11(7-14(12)16)15(17,18)19/h2-7H,1H3. The summed E-state index contributed by atoms with van der Waals surface area (Å²) >= 11 is 0. The minimum Gasteiger partial charge on any atom is -0.206 e. The lowest BCUT2D eigenvalue weighted by Gasteiger charge is -2.10. The van der Waals surface area contributed by atoms with Gasteiger partial charge in [0.05, 0.1) is 17.2 Å². The fraction of sp³-hybridized carbons (Fsp3) is 0.133. The first-order valence-corrected chi connectivity index (χ1v) is 5.71. The lowest BCUT2D eigenvalue weighted by molar-refractivity contribution is -0.137. The number of alkyl halides is 3. The molecule has 0 spiro atoms. The molecule has 5 heteroatoms. The molecule has 0 unspecified atom stereocenters. The highest BCUT2D eigenvalue weighted by Gasteiger charge is 2.31. The molecule has 0 saturated heterocycles. The first-order valence-electron chi connectivity index (χ1n) is 5.71. The Balaban J connectivity index is 2.61. The highest BCUT2D eigenvalue weighted by Crippen LogP contribution is 2.33. The molecule has 0 fully saturated rings. The third kappa shape index (κ3) is 2.64. The predicted octanol–water partition coefficient (Wildman–Crippen LogP) is 4.69. The Kier molecular flexibility index (Phi) is 3.49. The zero-order chi connectivity index (χ0) is 14.9. The fourth-order valence-electron chi connectivity index (χ4n) is 1.89. The maximum Gasteiger partial charge on any atom is 0.416 e. The number of hydrogen-bond acceptors (Lipinski definition) is 1. The molecule has 0 aliphatic heterocycles. The van der Waals surface area contributed by atoms with Crippen molar-refractivity contribution in [3.05, 3.63) is 58.9 Å². The minimum atomic E-state index is -4.59. The van der Waals surface area contributed by atoms with E-state index in [1.165, 1.54) is 6.07 Å². The van der Waals surface area contributed by atoms with Gasteiger partial charge in [-0.25, -0.2) is 4.39 Å². The van der Waals surface area contributed by atoms with Gasteiger partial charge in [0.15, 0.2) is 0 Å². The van der Waals surface area contributed by atoms with E-state index in [0.29, 0.717) is 11.6 Å². The maximum absolute atomic E-state index is 13.9. The number of rotatable bonds is 1. The van der Waals surface area contributed by atoms with E-state index in [2.05, 4.69) is 0 Å². The quantitative estimate of drug-likeness (QED) is 0.694. The summed E-state index contributed by atoms with van der Waals surface area (Å²) in [5, 5.41) is 8.99. The molecule has 0 saturated carbocycles. The summed E-state index contributed by atoms with van der Waals surface area (Å²) < 4.78 is 51.4. The van der Waals surface area contributed by atoms with E-state index in [9.17, 15) is 17.6 Å². The van der Waals surface area contributed by atoms with Gasteiger partial charge in [0.25, 0.3) is 0 Å². The van der Waals surface area contributed by atoms with Crippen molar-refractivity contribution in [3.63, 3.8) is 0 Å². The Hall–Kier alpha value is -2.35. The smallest absolute Gasteiger partial charge is 0.206 e. The summed E-state index contributed by atoms with van der Waals surface area (Å²) in [6.45, 7) is 1.76. The molecule has 0 amide bonds. The van der Waals surface area contributed by atoms with Crippen LogP contribution in [-0.4, -0.2) is 0 Å². The summed E-state index contributed by atoms with van der Waals surface area (Å²) in [7, 11) is 0. The Labute approximate surface area is 113 Å². The molecule has 0 atom stereocenters. The van der Waals surface area contributed by atoms with Crippen molar-refractivity contribution >= 4 is 0 Å². The van der Waals surface area contributed by atoms with Gasteiger partial charge in [-0.05, 0) is 25.1 Å². The van der Waals surface area contributed by atoms with Gasteiger partial charge >= 0.3 is 6.18 Å². The molecule has 102 valence electrons. The van der Waals surface area contributed by atoms with Crippen LogP contribution in [0.15, 0.2) is 36.4 Å². The largest absolute Gasteiger partial charge is 0.416 e. The second kappa shape index (κ2) is 4.97. The predicted molar refractivity (Wildman–Crippen MR) is 66.3 cm³/mol. The Morgan fingerprint density at radius 1 is 1.00 bits per heavy atom. The molecule has 2 aromatic rings. The molecule has 0 aliphatic carbocycles. The zero-order valence-electron chi connectivity index (χ0n) is 10.4. The second-order valence-corrected chi connectivity index (χ2v) is 4.35. The summed E-state index contributed by atoms with van der Waals surface area (Å²) in [6, 6.07) is 8.98. The van der Waals surface area contributed by atoms with Crippen molar-refractivity contribution in [3.8, 4) is 17.2 Å². The monoisotopic (exact) mass is 279 g/mol. The highest BCUT2D eigenvalue weighted by atomic mass is 19.4. The van der Waals surface area contributed by atoms with Gasteiger partial charge in [-0.15, -0.1) is 0 Å². The Morgan fingerprint density at radius 3 is 2.25 bits per heavy atom. The molecule has 0 N–H and O–H groups in total. The van der Waals surface area contributed by atoms with Gasteiger partial charge in [0.1, 0.15) is 5.82 Å². The van der Waals surface area contributed by atoms with Crippen LogP contribution in [0.5, 0.6) is 0 Å². The molecule has 2 aromatic carbocycles. The van der Waals surface area contributed by atoms with Gasteiger partial charge in [-0.1, -0.05) is 23.8 Å². The van der Waals surface area contributed by atoms with Crippen molar-refractivity contribution in [2.75, 3.05) is 0 Å². The number of hydrogen-bond donors (Lipinski definition) is 0. The zero-order valence-corrected chi connectivity index (χ0v) is 10.4. The van der Waals surface area contributed by atoms with E-state index in [1.807, 2.05) is 6.07 Å². The first-order chi connectivity index (χ1) is 9.32. The van der Waals surface area contributed by atoms with Crippen molar-refractivity contribution < 1.29 is 17.6 Å². The molecule has 0 bridgehead atoms. The number of aryl methyl sites for hydroxylation is 1. The second-order valence-electron chi connectivity index (χ2n) is 4.35. The van der Waals surface area contributed by atoms with Crippen LogP contribution in [0.1, 0.15) is 16.7 Å². The SMILES string of the molecule is Cc1ccc(C#N)c(-c2ccc(C(F)(F)F)cc2F)c1. The molecule has 1 nitrogen and oxygen atoms in total. The molecule has 0 aromatic heterocycles. The molecule has 0 heterocycles. The van der Waals surface area contributed by atoms with Gasteiger partial charge in [-0.2, -0.15) is 18.4 Å². The van der Waals surface area contributed by atoms with Gasteiger partial charge in [-0.3, -0.25) is 0 Å². The average molecular weight is 279 g/mol. The number of nitrogens with zero attached hydrogens (tertiary/aromatic N) is 1. The third-order valence-corrected chi connectivity index (χ3v) is 2.88. The summed E-state index contributed by atoms with van der Waals surface area (Å²) in [5.41, 5.74) is 0.231. The number of nitriles is 1. The first kappa shape index (κ1) is 14.1. The van der Waals surface area contributed by atoms with Crippen LogP contribution in [0, 0.1) is 24.1 Å². The van der Waals surface area contributed by atoms with Crippen LogP contribution in [0.3, 0.4) is 0 Å². The van der Waals surface area contributed by atoms with E-state index in [4.69, 9.17) is 5.26 Å². The van der Waals surface area contributed by atoms with Crippen molar-refractivity contribution in [2.45, 2.75) is 13.1 Å². The average Bonchev–Trinajstić information content (AvgIpc) is 2.37. The summed E-state index contributed by atoms with van der Waals surface area (Å²) in [6.07, 6.45) is -4.59. The molecular weight excluding hydrogens is 270 g/mol. The lowest BCUT2D eigenvalue weighted by atomic mass is 9.97. The normalized spacial score (nSPS) is 11.2. The van der Waals surface area contributed by atoms with Crippen LogP contribution in [0.2, 0.25) is 0 Å². The minimum absolute atomic E-state index is 0.0155. The topological polar surface area (TPSA) is 23.8 Å². The van der Waals surface area contributed by atoms with E-state index in [0.717, 1.165) is 17.7 Å². The van der Waals surface area contributed by atoms with Gasteiger partial charge in [0, 0.05) is 11.1 Å². The van der Waals surface area contributed by atoms with Crippen LogP contribution < -0.4 is 0 Å². The molecule has 2 rings (SSSR count). The highest BCUT2D eigenvalue weighted by molar-refractivity contribution is 5.72. The van der Waals surface area contributed by atoms with E-state index < -0.39 is 17.6 Å². The summed E-state index contributed by atoms with van der Waals surface area (Å²) in [4.78, 5) is 0. The van der Waals surface area contributed by atoms with E-state index in [1.54, 1.807) is 19.1 Å². The van der Waals surface area contributed by atoms with Crippen LogP contribution in [0.25, 0.3) is 11.1 Å². The van der Waals surface area contributed by atoms with Crippen molar-refractivity contribution in [1.82, 2.24) is 0 Å². The van der Waals surface area contributed by atoms with Gasteiger partial charge < -0.3 is 0 Å². The van der Waals surface area contributed by atoms with Crippen molar-refractivity contribution in [2.24, 2.45) is 0 Å². The van der Waals surface area contributed by atoms with E-state index >= 15 is 0 Å². The fourth-order valence-corrected chi connectivity index (χ4v) is 1.89. The Bertz CT molecular complexity index is 696. The molecule has 0 radical (unpaired) electrons. The van der Waals surface area contributed by atoms with Crippen LogP contribution >= 0.6 is 0 Å². The van der Waals surface area contributed by atoms with Gasteiger partial charge in [0.2, 0.25) is 0 Å². The molecular formula is C15H9F4N. The lowest BCUT2D eigenvalue weighted by Crippen LogP contribution is -2.05. The molecule has 20 heavy (non-hydrogen) atoms. The summed E-state index contributed by atoms with van der Waals surface area (Å²) in [5.74, 6) is -0.998. The maximum atomic E-state index is 13.9. The van der Waals surface area contributed by atoms with E-state index in [-0.39, 0.29) is 11.1 Å². The Morgan fingerprint density at radius 2 is 1.70 bits per heavy atom. The van der Waals surface area contributed by atoms with Crippen LogP contribution in [0.4, 0.5) is 17.6 Å². The number of halogens is 4. The van der Waals surface area contributed by atoms with Crippen LogP contribution in [-0.2, 0) is 6.18 Å².